The van der Waals surface area contributed by atoms with Crippen LogP contribution in [0.1, 0.15) is 24.2 Å². The molecule has 1 aromatic carbocycles. The van der Waals surface area contributed by atoms with Crippen LogP contribution in [0.5, 0.6) is 0 Å². The van der Waals surface area contributed by atoms with Crippen LogP contribution < -0.4 is 5.32 Å². The van der Waals surface area contributed by atoms with Crippen molar-refractivity contribution in [2.75, 3.05) is 6.61 Å². The first-order valence-electron chi connectivity index (χ1n) is 7.47. The average molecular weight is 319 g/mol. The second kappa shape index (κ2) is 7.23. The predicted molar refractivity (Wildman–Crippen MR) is 85.0 cm³/mol. The Balaban J connectivity index is 1.89. The average Bonchev–Trinajstić information content (AvgIpc) is 2.79. The molecule has 0 fully saturated rings. The number of carbonyl (C=O) groups is 2. The zero-order valence-electron chi connectivity index (χ0n) is 13.2. The molecule has 0 aliphatic rings. The van der Waals surface area contributed by atoms with Gasteiger partial charge >= 0.3 is 5.97 Å². The largest absolute Gasteiger partial charge is 0.480 e. The predicted octanol–water partition coefficient (Wildman–Crippen LogP) is 0.766. The highest BCUT2D eigenvalue weighted by Crippen LogP contribution is 2.17. The number of hydrogen-bond acceptors (Lipinski definition) is 4. The fourth-order valence-electron chi connectivity index (χ4n) is 2.43. The van der Waals surface area contributed by atoms with Crippen LogP contribution in [0.4, 0.5) is 0 Å². The zero-order valence-corrected chi connectivity index (χ0v) is 13.2. The van der Waals surface area contributed by atoms with Gasteiger partial charge in [0.15, 0.2) is 0 Å². The molecule has 1 heterocycles. The van der Waals surface area contributed by atoms with Gasteiger partial charge in [-0.1, -0.05) is 6.07 Å². The Labute approximate surface area is 133 Å². The molecular formula is C16H21N3O4. The molecule has 1 unspecified atom stereocenters. The van der Waals surface area contributed by atoms with E-state index in [4.69, 9.17) is 10.2 Å². The number of hydrogen-bond donors (Lipinski definition) is 3. The quantitative estimate of drug-likeness (QED) is 0.699. The van der Waals surface area contributed by atoms with E-state index in [1.807, 2.05) is 36.7 Å². The first kappa shape index (κ1) is 17.0. The summed E-state index contributed by atoms with van der Waals surface area (Å²) >= 11 is 0. The number of nitrogens with zero attached hydrogens (tertiary/aromatic N) is 2. The Morgan fingerprint density at radius 2 is 2.13 bits per heavy atom. The standard InChI is InChI=1S/C16H21N3O4/c1-10-17-12-8-11(6-7-14(12)19(10)2)4-3-5-15(21)18-13(9-20)16(22)23/h6-8,13,20H,3-5,9H2,1-2H3,(H,18,21)(H,22,23). The third-order valence-electron chi connectivity index (χ3n) is 3.85. The lowest BCUT2D eigenvalue weighted by Gasteiger charge is -2.11. The third kappa shape index (κ3) is 4.07. The number of aliphatic carboxylic acids is 1. The number of nitrogens with one attached hydrogen (secondary N) is 1. The van der Waals surface area contributed by atoms with Crippen molar-refractivity contribution in [3.63, 3.8) is 0 Å². The van der Waals surface area contributed by atoms with Gasteiger partial charge in [0, 0.05) is 13.5 Å². The molecule has 1 amide bonds. The van der Waals surface area contributed by atoms with Crippen LogP contribution in [-0.2, 0) is 23.1 Å². The van der Waals surface area contributed by atoms with Crippen LogP contribution in [0, 0.1) is 6.92 Å². The molecule has 1 aromatic heterocycles. The molecule has 3 N–H and O–H groups in total. The van der Waals surface area contributed by atoms with Crippen LogP contribution in [-0.4, -0.2) is 44.3 Å². The summed E-state index contributed by atoms with van der Waals surface area (Å²) in [4.78, 5) is 26.9. The Hall–Kier alpha value is -2.41. The van der Waals surface area contributed by atoms with Gasteiger partial charge in [0.25, 0.3) is 0 Å². The van der Waals surface area contributed by atoms with E-state index in [1.54, 1.807) is 0 Å². The number of aliphatic hydroxyl groups is 1. The molecule has 0 aliphatic carbocycles. The van der Waals surface area contributed by atoms with Gasteiger partial charge in [-0.25, -0.2) is 9.78 Å². The number of imidazole rings is 1. The molecule has 7 nitrogen and oxygen atoms in total. The summed E-state index contributed by atoms with van der Waals surface area (Å²) in [5.41, 5.74) is 3.08. The zero-order chi connectivity index (χ0) is 17.0. The molecule has 23 heavy (non-hydrogen) atoms. The van der Waals surface area contributed by atoms with Crippen LogP contribution >= 0.6 is 0 Å². The minimum atomic E-state index is -1.24. The molecule has 0 aliphatic heterocycles. The molecule has 2 aromatic rings. The molecule has 0 spiro atoms. The lowest BCUT2D eigenvalue weighted by Crippen LogP contribution is -2.43. The number of benzene rings is 1. The smallest absolute Gasteiger partial charge is 0.328 e. The van der Waals surface area contributed by atoms with E-state index in [0.717, 1.165) is 22.4 Å². The molecule has 0 saturated heterocycles. The van der Waals surface area contributed by atoms with Crippen molar-refractivity contribution < 1.29 is 19.8 Å². The van der Waals surface area contributed by atoms with Gasteiger partial charge in [0.1, 0.15) is 11.9 Å². The van der Waals surface area contributed by atoms with Crippen LogP contribution in [0.3, 0.4) is 0 Å². The topological polar surface area (TPSA) is 104 Å². The number of aryl methyl sites for hydroxylation is 3. The maximum absolute atomic E-state index is 11.7. The van der Waals surface area contributed by atoms with Gasteiger partial charge in [-0.05, 0) is 37.5 Å². The van der Waals surface area contributed by atoms with E-state index in [9.17, 15) is 9.59 Å². The van der Waals surface area contributed by atoms with Gasteiger partial charge < -0.3 is 20.1 Å². The van der Waals surface area contributed by atoms with Crippen molar-refractivity contribution in [2.24, 2.45) is 7.05 Å². The summed E-state index contributed by atoms with van der Waals surface area (Å²) in [7, 11) is 1.97. The first-order valence-corrected chi connectivity index (χ1v) is 7.47. The van der Waals surface area contributed by atoms with Crippen molar-refractivity contribution in [1.82, 2.24) is 14.9 Å². The number of aliphatic hydroxyl groups excluding tert-OH is 1. The summed E-state index contributed by atoms with van der Waals surface area (Å²) in [6.45, 7) is 1.33. The highest BCUT2D eigenvalue weighted by atomic mass is 16.4. The minimum Gasteiger partial charge on any atom is -0.480 e. The number of amides is 1. The molecule has 0 saturated carbocycles. The van der Waals surface area contributed by atoms with E-state index in [2.05, 4.69) is 10.3 Å². The fraction of sp³-hybridized carbons (Fsp3) is 0.438. The lowest BCUT2D eigenvalue weighted by molar-refractivity contribution is -0.142. The SMILES string of the molecule is Cc1nc2cc(CCCC(=O)NC(CO)C(=O)O)ccc2n1C. The summed E-state index contributed by atoms with van der Waals surface area (Å²) < 4.78 is 2.02. The molecular weight excluding hydrogens is 298 g/mol. The molecule has 0 bridgehead atoms. The summed E-state index contributed by atoms with van der Waals surface area (Å²) in [6.07, 6.45) is 1.51. The Kier molecular flexibility index (Phi) is 5.33. The normalized spacial score (nSPS) is 12.3. The maximum Gasteiger partial charge on any atom is 0.328 e. The highest BCUT2D eigenvalue weighted by Gasteiger charge is 2.18. The highest BCUT2D eigenvalue weighted by molar-refractivity contribution is 5.83. The Morgan fingerprint density at radius 3 is 2.78 bits per heavy atom. The molecule has 1 atom stereocenters. The second-order valence-corrected chi connectivity index (χ2v) is 5.54. The maximum atomic E-state index is 11.7. The summed E-state index contributed by atoms with van der Waals surface area (Å²) in [5.74, 6) is -0.668. The van der Waals surface area contributed by atoms with Gasteiger partial charge in [-0.15, -0.1) is 0 Å². The fourth-order valence-corrected chi connectivity index (χ4v) is 2.43. The summed E-state index contributed by atoms with van der Waals surface area (Å²) in [6, 6.07) is 4.79. The van der Waals surface area contributed by atoms with Gasteiger partial charge in [-0.2, -0.15) is 0 Å². The van der Waals surface area contributed by atoms with E-state index < -0.39 is 18.6 Å². The lowest BCUT2D eigenvalue weighted by atomic mass is 10.1. The van der Waals surface area contributed by atoms with Crippen molar-refractivity contribution in [1.29, 1.82) is 0 Å². The van der Waals surface area contributed by atoms with E-state index in [1.165, 1.54) is 0 Å². The van der Waals surface area contributed by atoms with Crippen molar-refractivity contribution >= 4 is 22.9 Å². The van der Waals surface area contributed by atoms with Crippen molar-refractivity contribution in [2.45, 2.75) is 32.2 Å². The van der Waals surface area contributed by atoms with Crippen LogP contribution in [0.2, 0.25) is 0 Å². The molecule has 7 heteroatoms. The van der Waals surface area contributed by atoms with Crippen molar-refractivity contribution in [3.05, 3.63) is 29.6 Å². The number of carboxylic acids is 1. The van der Waals surface area contributed by atoms with Gasteiger partial charge in [0.05, 0.1) is 17.6 Å². The molecule has 0 radical (unpaired) electrons. The van der Waals surface area contributed by atoms with Gasteiger partial charge in [-0.3, -0.25) is 4.79 Å². The number of fused-ring (bicyclic) bond motifs is 1. The third-order valence-corrected chi connectivity index (χ3v) is 3.85. The Bertz CT molecular complexity index is 723. The first-order chi connectivity index (χ1) is 10.9. The van der Waals surface area contributed by atoms with Crippen LogP contribution in [0.25, 0.3) is 11.0 Å². The number of rotatable bonds is 7. The van der Waals surface area contributed by atoms with E-state index in [0.29, 0.717) is 12.8 Å². The number of carbonyl (C=O) groups excluding carboxylic acids is 1. The summed E-state index contributed by atoms with van der Waals surface area (Å²) in [5, 5.41) is 19.9. The molecule has 124 valence electrons. The molecule has 2 rings (SSSR count). The number of carboxylic acid groups (broad SMARTS) is 1. The van der Waals surface area contributed by atoms with E-state index in [-0.39, 0.29) is 12.3 Å². The minimum absolute atomic E-state index is 0.211. The van der Waals surface area contributed by atoms with Crippen LogP contribution in [0.15, 0.2) is 18.2 Å². The van der Waals surface area contributed by atoms with E-state index >= 15 is 0 Å². The van der Waals surface area contributed by atoms with Crippen molar-refractivity contribution in [3.8, 4) is 0 Å². The van der Waals surface area contributed by atoms with Gasteiger partial charge in [0.2, 0.25) is 5.91 Å². The number of aromatic nitrogens is 2. The Morgan fingerprint density at radius 1 is 1.39 bits per heavy atom. The second-order valence-electron chi connectivity index (χ2n) is 5.54. The monoisotopic (exact) mass is 319 g/mol.